The molecule has 1 aromatic heterocycles. The van der Waals surface area contributed by atoms with Gasteiger partial charge in [0.2, 0.25) is 0 Å². The van der Waals surface area contributed by atoms with E-state index in [1.165, 1.54) is 13.0 Å². The van der Waals surface area contributed by atoms with Crippen molar-refractivity contribution in [1.29, 1.82) is 0 Å². The van der Waals surface area contributed by atoms with Gasteiger partial charge in [0, 0.05) is 31.9 Å². The molecule has 0 saturated carbocycles. The van der Waals surface area contributed by atoms with Crippen LogP contribution in [0.5, 0.6) is 11.5 Å². The van der Waals surface area contributed by atoms with Crippen LogP contribution in [0.2, 0.25) is 0 Å². The highest BCUT2D eigenvalue weighted by molar-refractivity contribution is 5.97. The lowest BCUT2D eigenvalue weighted by Gasteiger charge is -2.08. The molecule has 1 N–H and O–H groups in total. The maximum atomic E-state index is 11.3. The third kappa shape index (κ3) is 3.92. The molecule has 0 spiro atoms. The van der Waals surface area contributed by atoms with Crippen molar-refractivity contribution >= 4 is 16.7 Å². The molecule has 5 nitrogen and oxygen atoms in total. The second kappa shape index (κ2) is 7.04. The minimum atomic E-state index is -0.259. The molecule has 112 valence electrons. The molecule has 0 fully saturated rings. The van der Waals surface area contributed by atoms with Crippen molar-refractivity contribution in [2.75, 3.05) is 19.8 Å². The van der Waals surface area contributed by atoms with Crippen LogP contribution >= 0.6 is 0 Å². The third-order valence-electron chi connectivity index (χ3n) is 3.01. The van der Waals surface area contributed by atoms with Gasteiger partial charge in [0.15, 0.2) is 5.78 Å². The van der Waals surface area contributed by atoms with Gasteiger partial charge in [-0.15, -0.1) is 0 Å². The summed E-state index contributed by atoms with van der Waals surface area (Å²) in [5.74, 6) is 0.338. The predicted molar refractivity (Wildman–Crippen MR) is 80.0 cm³/mol. The Balaban J connectivity index is 2.11. The highest BCUT2D eigenvalue weighted by atomic mass is 16.5. The zero-order chi connectivity index (χ0) is 15.2. The summed E-state index contributed by atoms with van der Waals surface area (Å²) in [6.07, 6.45) is 0.818. The number of ether oxygens (including phenoxy) is 2. The Bertz CT molecular complexity index is 639. The predicted octanol–water partition coefficient (Wildman–Crippen LogP) is 2.95. The molecule has 5 heteroatoms. The smallest absolute Gasteiger partial charge is 0.181 e. The number of aromatic nitrogens is 1. The van der Waals surface area contributed by atoms with E-state index < -0.39 is 0 Å². The third-order valence-corrected chi connectivity index (χ3v) is 3.01. The molecule has 2 rings (SSSR count). The zero-order valence-electron chi connectivity index (χ0n) is 12.3. The van der Waals surface area contributed by atoms with Crippen molar-refractivity contribution in [3.8, 4) is 11.5 Å². The minimum Gasteiger partial charge on any atom is -0.506 e. The van der Waals surface area contributed by atoms with Gasteiger partial charge in [-0.3, -0.25) is 4.79 Å². The van der Waals surface area contributed by atoms with Gasteiger partial charge < -0.3 is 14.6 Å². The number of aromatic hydroxyl groups is 1. The molecular formula is C16H19NO4. The van der Waals surface area contributed by atoms with Gasteiger partial charge in [-0.05, 0) is 31.2 Å². The molecule has 1 heterocycles. The number of nitrogens with zero attached hydrogens (tertiary/aromatic N) is 1. The topological polar surface area (TPSA) is 68.7 Å². The summed E-state index contributed by atoms with van der Waals surface area (Å²) in [5, 5.41) is 10.5. The summed E-state index contributed by atoms with van der Waals surface area (Å²) >= 11 is 0. The number of Topliss-reactive ketones (excluding diaryl/α,β-unsaturated/α-hetero) is 1. The van der Waals surface area contributed by atoms with Crippen LogP contribution < -0.4 is 4.74 Å². The summed E-state index contributed by atoms with van der Waals surface area (Å²) in [5.41, 5.74) is 0.743. The summed E-state index contributed by atoms with van der Waals surface area (Å²) < 4.78 is 10.9. The van der Waals surface area contributed by atoms with E-state index in [0.717, 1.165) is 11.8 Å². The van der Waals surface area contributed by atoms with Crippen LogP contribution in [-0.4, -0.2) is 35.7 Å². The van der Waals surface area contributed by atoms with Gasteiger partial charge in [0.25, 0.3) is 0 Å². The summed E-state index contributed by atoms with van der Waals surface area (Å²) in [7, 11) is 0. The summed E-state index contributed by atoms with van der Waals surface area (Å²) in [4.78, 5) is 15.5. The van der Waals surface area contributed by atoms with Gasteiger partial charge in [-0.25, -0.2) is 4.98 Å². The van der Waals surface area contributed by atoms with E-state index in [1.807, 2.05) is 6.92 Å². The number of pyridine rings is 1. The Morgan fingerprint density at radius 3 is 2.81 bits per heavy atom. The second-order valence-electron chi connectivity index (χ2n) is 4.67. The van der Waals surface area contributed by atoms with E-state index in [1.54, 1.807) is 18.2 Å². The minimum absolute atomic E-state index is 0.0906. The van der Waals surface area contributed by atoms with E-state index in [2.05, 4.69) is 4.98 Å². The largest absolute Gasteiger partial charge is 0.506 e. The fourth-order valence-electron chi connectivity index (χ4n) is 1.99. The first-order valence-corrected chi connectivity index (χ1v) is 6.97. The molecule has 2 aromatic rings. The Labute approximate surface area is 123 Å². The number of benzene rings is 1. The molecule has 1 aromatic carbocycles. The van der Waals surface area contributed by atoms with Crippen LogP contribution in [0.1, 0.15) is 30.8 Å². The summed E-state index contributed by atoms with van der Waals surface area (Å²) in [6, 6.07) is 6.91. The molecular weight excluding hydrogens is 270 g/mol. The van der Waals surface area contributed by atoms with Crippen LogP contribution in [0.4, 0.5) is 0 Å². The molecule has 0 aliphatic heterocycles. The van der Waals surface area contributed by atoms with E-state index in [9.17, 15) is 9.90 Å². The van der Waals surface area contributed by atoms with E-state index in [0.29, 0.717) is 31.1 Å². The number of rotatable bonds is 7. The number of hydrogen-bond donors (Lipinski definition) is 1. The molecule has 21 heavy (non-hydrogen) atoms. The number of carbonyl (C=O) groups excluding carboxylic acids is 1. The van der Waals surface area contributed by atoms with E-state index in [4.69, 9.17) is 9.47 Å². The molecule has 0 unspecified atom stereocenters. The monoisotopic (exact) mass is 289 g/mol. The Kier molecular flexibility index (Phi) is 5.11. The van der Waals surface area contributed by atoms with Crippen molar-refractivity contribution in [2.24, 2.45) is 0 Å². The van der Waals surface area contributed by atoms with Crippen molar-refractivity contribution in [3.63, 3.8) is 0 Å². The zero-order valence-corrected chi connectivity index (χ0v) is 12.3. The highest BCUT2D eigenvalue weighted by Crippen LogP contribution is 2.25. The van der Waals surface area contributed by atoms with Crippen LogP contribution in [0, 0.1) is 0 Å². The molecule has 0 atom stereocenters. The van der Waals surface area contributed by atoms with E-state index >= 15 is 0 Å². The standard InChI is InChI=1S/C16H19NO4/c1-3-20-7-4-8-21-13-5-6-14-12(9-13)10-15(19)16(17-14)11(2)18/h5-6,9-10,19H,3-4,7-8H2,1-2H3. The first-order chi connectivity index (χ1) is 10.1. The fraction of sp³-hybridized carbons (Fsp3) is 0.375. The number of fused-ring (bicyclic) bond motifs is 1. The van der Waals surface area contributed by atoms with Gasteiger partial charge in [0.1, 0.15) is 17.2 Å². The van der Waals surface area contributed by atoms with Gasteiger partial charge in [-0.2, -0.15) is 0 Å². The molecule has 0 bridgehead atoms. The quantitative estimate of drug-likeness (QED) is 0.627. The lowest BCUT2D eigenvalue weighted by Crippen LogP contribution is -2.03. The van der Waals surface area contributed by atoms with Gasteiger partial charge >= 0.3 is 0 Å². The fourth-order valence-corrected chi connectivity index (χ4v) is 1.99. The van der Waals surface area contributed by atoms with Crippen LogP contribution in [0.25, 0.3) is 10.9 Å². The summed E-state index contributed by atoms with van der Waals surface area (Å²) in [6.45, 7) is 5.28. The lowest BCUT2D eigenvalue weighted by molar-refractivity contribution is 0.101. The van der Waals surface area contributed by atoms with Gasteiger partial charge in [0.05, 0.1) is 12.1 Å². The molecule has 0 aliphatic carbocycles. The highest BCUT2D eigenvalue weighted by Gasteiger charge is 2.10. The van der Waals surface area contributed by atoms with Crippen molar-refractivity contribution in [3.05, 3.63) is 30.0 Å². The van der Waals surface area contributed by atoms with Crippen molar-refractivity contribution in [1.82, 2.24) is 4.98 Å². The maximum absolute atomic E-state index is 11.3. The first-order valence-electron chi connectivity index (χ1n) is 6.97. The molecule has 0 amide bonds. The SMILES string of the molecule is CCOCCCOc1ccc2nc(C(C)=O)c(O)cc2c1. The second-order valence-corrected chi connectivity index (χ2v) is 4.67. The normalized spacial score (nSPS) is 10.8. The van der Waals surface area contributed by atoms with Crippen LogP contribution in [0.15, 0.2) is 24.3 Å². The first kappa shape index (κ1) is 15.3. The molecule has 0 radical (unpaired) electrons. The Morgan fingerprint density at radius 2 is 2.10 bits per heavy atom. The van der Waals surface area contributed by atoms with Crippen LogP contribution in [0.3, 0.4) is 0 Å². The molecule has 0 aliphatic rings. The van der Waals surface area contributed by atoms with Gasteiger partial charge in [-0.1, -0.05) is 0 Å². The lowest BCUT2D eigenvalue weighted by atomic mass is 10.1. The Morgan fingerprint density at radius 1 is 1.29 bits per heavy atom. The Hall–Kier alpha value is -2.14. The average molecular weight is 289 g/mol. The number of carbonyl (C=O) groups is 1. The van der Waals surface area contributed by atoms with Crippen molar-refractivity contribution in [2.45, 2.75) is 20.3 Å². The number of ketones is 1. The average Bonchev–Trinajstić information content (AvgIpc) is 2.46. The maximum Gasteiger partial charge on any atom is 0.181 e. The molecule has 0 saturated heterocycles. The van der Waals surface area contributed by atoms with Crippen molar-refractivity contribution < 1.29 is 19.4 Å². The van der Waals surface area contributed by atoms with E-state index in [-0.39, 0.29) is 17.2 Å². The number of hydrogen-bond acceptors (Lipinski definition) is 5. The van der Waals surface area contributed by atoms with Crippen LogP contribution in [-0.2, 0) is 4.74 Å².